The first-order valence-corrected chi connectivity index (χ1v) is 24.4. The first kappa shape index (κ1) is 53.6. The van der Waals surface area contributed by atoms with Crippen LogP contribution < -0.4 is 41.0 Å². The largest absolute Gasteiger partial charge is 0.493 e. The van der Waals surface area contributed by atoms with Gasteiger partial charge in [-0.3, -0.25) is 33.8 Å². The van der Waals surface area contributed by atoms with E-state index in [0.717, 1.165) is 55.2 Å². The summed E-state index contributed by atoms with van der Waals surface area (Å²) in [5.74, 6) is -1.76. The van der Waals surface area contributed by atoms with Crippen molar-refractivity contribution in [1.82, 2.24) is 25.4 Å². The molecule has 6 N–H and O–H groups in total. The third-order valence-corrected chi connectivity index (χ3v) is 12.6. The topological polar surface area (TPSA) is 228 Å². The molecule has 0 spiro atoms. The minimum atomic E-state index is -0.842. The second-order valence-corrected chi connectivity index (χ2v) is 18.3. The molecule has 0 saturated carbocycles. The number of nitrogens with two attached hydrogens (primary N) is 1. The van der Waals surface area contributed by atoms with E-state index >= 15 is 0 Å². The lowest BCUT2D eigenvalue weighted by atomic mass is 9.89. The summed E-state index contributed by atoms with van der Waals surface area (Å²) in [6, 6.07) is 13.8. The third-order valence-electron chi connectivity index (χ3n) is 12.3. The average molecular weight is 1000 g/mol. The Morgan fingerprint density at radius 2 is 1.65 bits per heavy atom. The highest BCUT2D eigenvalue weighted by atomic mass is 35.5. The smallest absolute Gasteiger partial charge is 0.312 e. The van der Waals surface area contributed by atoms with Crippen LogP contribution in [0.25, 0.3) is 10.9 Å². The van der Waals surface area contributed by atoms with E-state index < -0.39 is 29.7 Å². The maximum Gasteiger partial charge on any atom is 0.312 e. The summed E-state index contributed by atoms with van der Waals surface area (Å²) in [6.45, 7) is 9.01. The molecular formula is C51H64ClFN9O9+. The van der Waals surface area contributed by atoms with Crippen LogP contribution in [-0.4, -0.2) is 116 Å². The van der Waals surface area contributed by atoms with Gasteiger partial charge in [-0.1, -0.05) is 44.0 Å². The highest BCUT2D eigenvalue weighted by molar-refractivity contribution is 6.31. The fourth-order valence-corrected chi connectivity index (χ4v) is 8.56. The number of Topliss-reactive ketones (excluding diaryl/α,β-unsaturated/α-hetero) is 1. The quantitative estimate of drug-likeness (QED) is 0.0271. The molecule has 6 rings (SSSR count). The number of nitrogens with zero attached hydrogens (tertiary/aromatic N) is 4. The number of morpholine rings is 1. The SMILES string of the molecule is COc1cc2c(cc1OCCCN1CCOCC1)c(Nc1ccc(F)c(Cl)c1)nc[n+]2Cc1ccc(NC(=O)[C@H](CCCNC(N)=O)CC(=O)[C@@H](NC(=O)CCCCCN2C(=O)C=CC2=O)C(C)C)cc1. The van der Waals surface area contributed by atoms with Crippen molar-refractivity contribution in [3.63, 3.8) is 0 Å². The number of halogens is 2. The molecule has 2 atom stereocenters. The number of ketones is 1. The minimum Gasteiger partial charge on any atom is -0.493 e. The molecule has 71 heavy (non-hydrogen) atoms. The lowest BCUT2D eigenvalue weighted by Crippen LogP contribution is -2.45. The first-order valence-electron chi connectivity index (χ1n) is 24.0. The predicted molar refractivity (Wildman–Crippen MR) is 266 cm³/mol. The zero-order valence-electron chi connectivity index (χ0n) is 40.5. The van der Waals surface area contributed by atoms with Crippen molar-refractivity contribution in [2.45, 2.75) is 77.8 Å². The first-order chi connectivity index (χ1) is 34.2. The number of methoxy groups -OCH3 is 1. The fraction of sp³-hybridized carbons (Fsp3) is 0.451. The van der Waals surface area contributed by atoms with Gasteiger partial charge in [-0.2, -0.15) is 0 Å². The van der Waals surface area contributed by atoms with Gasteiger partial charge in [0.15, 0.2) is 17.3 Å². The number of aromatic nitrogens is 2. The number of benzene rings is 3. The number of unbranched alkanes of at least 4 members (excludes halogenated alkanes) is 2. The van der Waals surface area contributed by atoms with E-state index in [4.69, 9.17) is 36.5 Å². The van der Waals surface area contributed by atoms with E-state index in [2.05, 4.69) is 26.2 Å². The number of nitrogens with one attached hydrogen (secondary N) is 4. The average Bonchev–Trinajstić information content (AvgIpc) is 3.67. The number of imide groups is 1. The molecule has 1 fully saturated rings. The van der Waals surface area contributed by atoms with Gasteiger partial charge < -0.3 is 41.2 Å². The lowest BCUT2D eigenvalue weighted by Gasteiger charge is -2.26. The van der Waals surface area contributed by atoms with E-state index in [1.165, 1.54) is 24.3 Å². The number of carbonyl (C=O) groups excluding carboxylic acids is 6. The Labute approximate surface area is 417 Å². The Bertz CT molecular complexity index is 2540. The number of carbonyl (C=O) groups is 6. The Balaban J connectivity index is 1.12. The van der Waals surface area contributed by atoms with Gasteiger partial charge in [-0.05, 0) is 78.9 Å². The van der Waals surface area contributed by atoms with Crippen molar-refractivity contribution in [2.24, 2.45) is 17.6 Å². The fourth-order valence-electron chi connectivity index (χ4n) is 8.38. The summed E-state index contributed by atoms with van der Waals surface area (Å²) in [5.41, 5.74) is 7.92. The molecule has 1 saturated heterocycles. The number of fused-ring (bicyclic) bond motifs is 1. The highest BCUT2D eigenvalue weighted by Crippen LogP contribution is 2.35. The molecule has 3 heterocycles. The summed E-state index contributed by atoms with van der Waals surface area (Å²) in [7, 11) is 1.58. The number of urea groups is 1. The van der Waals surface area contributed by atoms with Crippen molar-refractivity contribution >= 4 is 75.1 Å². The van der Waals surface area contributed by atoms with Crippen LogP contribution >= 0.6 is 11.6 Å². The summed E-state index contributed by atoms with van der Waals surface area (Å²) in [5, 5.41) is 12.3. The second-order valence-electron chi connectivity index (χ2n) is 17.9. The molecular weight excluding hydrogens is 937 g/mol. The van der Waals surface area contributed by atoms with Crippen LogP contribution in [0.15, 0.2) is 73.1 Å². The number of hydrogen-bond acceptors (Lipinski definition) is 12. The van der Waals surface area contributed by atoms with Crippen LogP contribution in [-0.2, 0) is 35.3 Å². The van der Waals surface area contributed by atoms with Gasteiger partial charge in [-0.25, -0.2) is 13.8 Å². The van der Waals surface area contributed by atoms with E-state index in [1.807, 2.05) is 42.7 Å². The molecule has 3 aromatic carbocycles. The van der Waals surface area contributed by atoms with Crippen LogP contribution in [0.2, 0.25) is 5.02 Å². The maximum atomic E-state index is 14.1. The Morgan fingerprint density at radius 3 is 2.34 bits per heavy atom. The standard InChI is InChI=1S/C51H63ClFN9O9/c1-33(2)48(59-45(64)10-5-4-6-21-62-46(65)17-18-47(62)66)42(63)27-35(9-7-19-55-51(54)68)50(67)58-36-13-11-34(12-14-36)31-61-32-56-49(57-37-15-16-40(53)39(52)28-37)38-29-44(43(69-3)30-41(38)61)71-24-8-20-60-22-25-70-26-23-60/h11-18,28-30,32-33,35,48H,4-10,19-27,31H2,1-3H3,(H5,54,55,58,59,64,67,68)/p+1/t35-,48+/m1/s1. The molecule has 18 nitrogen and oxygen atoms in total. The summed E-state index contributed by atoms with van der Waals surface area (Å²) < 4.78 is 33.6. The van der Waals surface area contributed by atoms with E-state index in [0.29, 0.717) is 72.9 Å². The van der Waals surface area contributed by atoms with Gasteiger partial charge in [0.05, 0.1) is 43.4 Å². The highest BCUT2D eigenvalue weighted by Gasteiger charge is 2.30. The zero-order chi connectivity index (χ0) is 50.9. The van der Waals surface area contributed by atoms with Crippen molar-refractivity contribution in [3.05, 3.63) is 89.5 Å². The van der Waals surface area contributed by atoms with Crippen molar-refractivity contribution < 1.29 is 51.9 Å². The molecule has 20 heteroatoms. The Morgan fingerprint density at radius 1 is 0.915 bits per heavy atom. The number of ether oxygens (including phenoxy) is 3. The van der Waals surface area contributed by atoms with Crippen molar-refractivity contribution in [2.75, 3.05) is 70.3 Å². The lowest BCUT2D eigenvalue weighted by molar-refractivity contribution is -0.665. The molecule has 0 radical (unpaired) electrons. The van der Waals surface area contributed by atoms with E-state index in [-0.39, 0.29) is 66.8 Å². The van der Waals surface area contributed by atoms with Gasteiger partial charge in [0, 0.05) is 87.1 Å². The van der Waals surface area contributed by atoms with E-state index in [1.54, 1.807) is 31.6 Å². The molecule has 4 aromatic rings. The van der Waals surface area contributed by atoms with Crippen molar-refractivity contribution in [1.29, 1.82) is 0 Å². The molecule has 2 aliphatic heterocycles. The van der Waals surface area contributed by atoms with Gasteiger partial charge in [0.2, 0.25) is 11.8 Å². The molecule has 0 unspecified atom stereocenters. The molecule has 0 bridgehead atoms. The Kier molecular flexibility index (Phi) is 20.0. The zero-order valence-corrected chi connectivity index (χ0v) is 41.2. The van der Waals surface area contributed by atoms with Gasteiger partial charge >= 0.3 is 6.03 Å². The third kappa shape index (κ3) is 15.9. The number of rotatable bonds is 27. The summed E-state index contributed by atoms with van der Waals surface area (Å²) >= 11 is 6.12. The Hall–Kier alpha value is -6.70. The summed E-state index contributed by atoms with van der Waals surface area (Å²) in [6.07, 6.45) is 7.21. The van der Waals surface area contributed by atoms with Crippen molar-refractivity contribution in [3.8, 4) is 11.5 Å². The summed E-state index contributed by atoms with van der Waals surface area (Å²) in [4.78, 5) is 84.0. The van der Waals surface area contributed by atoms with E-state index in [9.17, 15) is 33.2 Å². The second kappa shape index (κ2) is 26.5. The normalized spacial score (nSPS) is 14.6. The number of anilines is 3. The van der Waals surface area contributed by atoms with Crippen LogP contribution in [0.1, 0.15) is 70.8 Å². The molecule has 380 valence electrons. The van der Waals surface area contributed by atoms with Crippen LogP contribution in [0, 0.1) is 17.7 Å². The minimum absolute atomic E-state index is 0.0357. The molecule has 0 aliphatic carbocycles. The van der Waals surface area contributed by atoms with Crippen LogP contribution in [0.3, 0.4) is 0 Å². The monoisotopic (exact) mass is 1000 g/mol. The van der Waals surface area contributed by atoms with Crippen LogP contribution in [0.4, 0.5) is 26.4 Å². The van der Waals surface area contributed by atoms with Gasteiger partial charge in [-0.15, -0.1) is 0 Å². The number of amides is 6. The molecule has 1 aromatic heterocycles. The van der Waals surface area contributed by atoms with Gasteiger partial charge in [0.25, 0.3) is 24.0 Å². The molecule has 6 amide bonds. The molecule has 2 aliphatic rings. The van der Waals surface area contributed by atoms with Gasteiger partial charge in [0.1, 0.15) is 17.9 Å². The number of primary amides is 1. The number of hydrogen-bond donors (Lipinski definition) is 5. The van der Waals surface area contributed by atoms with Crippen LogP contribution in [0.5, 0.6) is 11.5 Å². The maximum absolute atomic E-state index is 14.1. The predicted octanol–water partition coefficient (Wildman–Crippen LogP) is 5.81.